The van der Waals surface area contributed by atoms with Crippen molar-refractivity contribution in [2.45, 2.75) is 44.8 Å². The zero-order chi connectivity index (χ0) is 18.2. The van der Waals surface area contributed by atoms with Gasteiger partial charge in [0.1, 0.15) is 12.4 Å². The summed E-state index contributed by atoms with van der Waals surface area (Å²) in [5.41, 5.74) is 8.37. The van der Waals surface area contributed by atoms with Crippen molar-refractivity contribution in [1.82, 2.24) is 5.32 Å². The Balaban J connectivity index is 1.36. The summed E-state index contributed by atoms with van der Waals surface area (Å²) < 4.78 is 5.79. The van der Waals surface area contributed by atoms with Crippen molar-refractivity contribution in [2.24, 2.45) is 11.7 Å². The third-order valence-electron chi connectivity index (χ3n) is 5.07. The predicted molar refractivity (Wildman–Crippen MR) is 104 cm³/mol. The van der Waals surface area contributed by atoms with Gasteiger partial charge in [-0.1, -0.05) is 48.9 Å². The van der Waals surface area contributed by atoms with Crippen LogP contribution in [0.2, 0.25) is 0 Å². The molecule has 4 heteroatoms. The van der Waals surface area contributed by atoms with E-state index in [1.54, 1.807) is 0 Å². The van der Waals surface area contributed by atoms with Gasteiger partial charge in [0.15, 0.2) is 0 Å². The topological polar surface area (TPSA) is 64.4 Å². The highest BCUT2D eigenvalue weighted by Gasteiger charge is 2.25. The third-order valence-corrected chi connectivity index (χ3v) is 5.07. The van der Waals surface area contributed by atoms with Gasteiger partial charge in [-0.2, -0.15) is 0 Å². The lowest BCUT2D eigenvalue weighted by Crippen LogP contribution is -2.32. The highest BCUT2D eigenvalue weighted by molar-refractivity contribution is 5.76. The monoisotopic (exact) mass is 352 g/mol. The van der Waals surface area contributed by atoms with Gasteiger partial charge in [-0.05, 0) is 48.4 Å². The number of hydrogen-bond acceptors (Lipinski definition) is 3. The molecule has 1 saturated carbocycles. The summed E-state index contributed by atoms with van der Waals surface area (Å²) in [5, 5.41) is 3.01. The van der Waals surface area contributed by atoms with E-state index in [9.17, 15) is 4.79 Å². The van der Waals surface area contributed by atoms with Gasteiger partial charge in [0.05, 0.1) is 0 Å². The number of ether oxygens (including phenoxy) is 1. The number of nitrogens with one attached hydrogen (secondary N) is 1. The van der Waals surface area contributed by atoms with Gasteiger partial charge in [-0.25, -0.2) is 0 Å². The van der Waals surface area contributed by atoms with Crippen LogP contribution in [0.15, 0.2) is 54.6 Å². The molecule has 2 aromatic carbocycles. The molecule has 0 aromatic heterocycles. The molecule has 0 heterocycles. The second-order valence-corrected chi connectivity index (χ2v) is 7.08. The summed E-state index contributed by atoms with van der Waals surface area (Å²) in [4.78, 5) is 12.0. The third kappa shape index (κ3) is 5.60. The Morgan fingerprint density at radius 1 is 1.04 bits per heavy atom. The normalized spacial score (nSPS) is 19.3. The number of amides is 1. The Kier molecular flexibility index (Phi) is 6.67. The molecular weight excluding hydrogens is 324 g/mol. The summed E-state index contributed by atoms with van der Waals surface area (Å²) in [7, 11) is 0. The first kappa shape index (κ1) is 18.5. The fourth-order valence-electron chi connectivity index (χ4n) is 3.47. The minimum absolute atomic E-state index is 0.121. The van der Waals surface area contributed by atoms with Gasteiger partial charge in [0, 0.05) is 19.0 Å². The van der Waals surface area contributed by atoms with Crippen molar-refractivity contribution in [3.05, 3.63) is 65.7 Å². The summed E-state index contributed by atoms with van der Waals surface area (Å²) in [5.74, 6) is 1.34. The van der Waals surface area contributed by atoms with Gasteiger partial charge in [-0.3, -0.25) is 4.79 Å². The molecule has 3 rings (SSSR count). The lowest BCUT2D eigenvalue weighted by Gasteiger charge is -2.14. The van der Waals surface area contributed by atoms with E-state index >= 15 is 0 Å². The van der Waals surface area contributed by atoms with Crippen molar-refractivity contribution >= 4 is 5.91 Å². The smallest absolute Gasteiger partial charge is 0.220 e. The maximum Gasteiger partial charge on any atom is 0.220 e. The standard InChI is InChI=1S/C22H28N2O2/c23-21-8-4-7-19(21)15-22(25)24-14-13-17-9-11-20(12-10-17)26-16-18-5-2-1-3-6-18/h1-3,5-6,9-12,19,21H,4,7-8,13-16,23H2,(H,24,25)/t19-,21+/m0/s1. The minimum atomic E-state index is 0.121. The zero-order valence-corrected chi connectivity index (χ0v) is 15.2. The van der Waals surface area contributed by atoms with Gasteiger partial charge in [0.25, 0.3) is 0 Å². The zero-order valence-electron chi connectivity index (χ0n) is 15.2. The van der Waals surface area contributed by atoms with Crippen LogP contribution in [0.3, 0.4) is 0 Å². The summed E-state index contributed by atoms with van der Waals surface area (Å²) in [6.07, 6.45) is 4.67. The average Bonchev–Trinajstić information content (AvgIpc) is 3.06. The van der Waals surface area contributed by atoms with Crippen molar-refractivity contribution in [2.75, 3.05) is 6.54 Å². The fourth-order valence-corrected chi connectivity index (χ4v) is 3.47. The average molecular weight is 352 g/mol. The van der Waals surface area contributed by atoms with Crippen LogP contribution in [0.5, 0.6) is 5.75 Å². The molecule has 0 bridgehead atoms. The fraction of sp³-hybridized carbons (Fsp3) is 0.409. The number of carbonyl (C=O) groups excluding carboxylic acids is 1. The van der Waals surface area contributed by atoms with E-state index < -0.39 is 0 Å². The Hall–Kier alpha value is -2.33. The van der Waals surface area contributed by atoms with Crippen LogP contribution in [-0.4, -0.2) is 18.5 Å². The molecule has 0 saturated heterocycles. The highest BCUT2D eigenvalue weighted by Crippen LogP contribution is 2.26. The molecule has 1 fully saturated rings. The molecule has 0 aliphatic heterocycles. The molecule has 0 spiro atoms. The summed E-state index contributed by atoms with van der Waals surface area (Å²) in [6, 6.07) is 18.4. The largest absolute Gasteiger partial charge is 0.489 e. The molecule has 26 heavy (non-hydrogen) atoms. The van der Waals surface area contributed by atoms with Crippen LogP contribution >= 0.6 is 0 Å². The molecule has 2 atom stereocenters. The van der Waals surface area contributed by atoms with Gasteiger partial charge < -0.3 is 15.8 Å². The van der Waals surface area contributed by atoms with Crippen molar-refractivity contribution < 1.29 is 9.53 Å². The van der Waals surface area contributed by atoms with E-state index in [0.717, 1.165) is 37.0 Å². The number of nitrogens with two attached hydrogens (primary N) is 1. The molecule has 0 unspecified atom stereocenters. The molecule has 4 nitrogen and oxygen atoms in total. The van der Waals surface area contributed by atoms with Crippen LogP contribution in [0.1, 0.15) is 36.8 Å². The lowest BCUT2D eigenvalue weighted by atomic mass is 10.00. The first-order chi connectivity index (χ1) is 12.7. The Labute approximate surface area is 155 Å². The number of carbonyl (C=O) groups is 1. The lowest BCUT2D eigenvalue weighted by molar-refractivity contribution is -0.122. The maximum atomic E-state index is 12.0. The van der Waals surface area contributed by atoms with E-state index in [1.165, 1.54) is 5.56 Å². The van der Waals surface area contributed by atoms with Crippen molar-refractivity contribution in [3.63, 3.8) is 0 Å². The molecule has 2 aromatic rings. The van der Waals surface area contributed by atoms with Gasteiger partial charge >= 0.3 is 0 Å². The van der Waals surface area contributed by atoms with E-state index in [0.29, 0.717) is 25.5 Å². The summed E-state index contributed by atoms with van der Waals surface area (Å²) >= 11 is 0. The van der Waals surface area contributed by atoms with Crippen LogP contribution in [0, 0.1) is 5.92 Å². The molecule has 138 valence electrons. The summed E-state index contributed by atoms with van der Waals surface area (Å²) in [6.45, 7) is 1.23. The van der Waals surface area contributed by atoms with Gasteiger partial charge in [-0.15, -0.1) is 0 Å². The Morgan fingerprint density at radius 3 is 2.50 bits per heavy atom. The molecule has 3 N–H and O–H groups in total. The first-order valence-electron chi connectivity index (χ1n) is 9.48. The van der Waals surface area contributed by atoms with Crippen molar-refractivity contribution in [3.8, 4) is 5.75 Å². The highest BCUT2D eigenvalue weighted by atomic mass is 16.5. The SMILES string of the molecule is N[C@@H]1CCC[C@H]1CC(=O)NCCc1ccc(OCc2ccccc2)cc1. The number of rotatable bonds is 8. The van der Waals surface area contributed by atoms with E-state index in [-0.39, 0.29) is 11.9 Å². The molecule has 0 radical (unpaired) electrons. The number of benzene rings is 2. The number of hydrogen-bond donors (Lipinski definition) is 2. The second kappa shape index (κ2) is 9.39. The molecular formula is C22H28N2O2. The van der Waals surface area contributed by atoms with Crippen LogP contribution in [0.25, 0.3) is 0 Å². The molecule has 1 amide bonds. The minimum Gasteiger partial charge on any atom is -0.489 e. The first-order valence-corrected chi connectivity index (χ1v) is 9.48. The molecule has 1 aliphatic rings. The van der Waals surface area contributed by atoms with Crippen LogP contribution < -0.4 is 15.8 Å². The van der Waals surface area contributed by atoms with E-state index in [1.807, 2.05) is 30.3 Å². The van der Waals surface area contributed by atoms with E-state index in [4.69, 9.17) is 10.5 Å². The second-order valence-electron chi connectivity index (χ2n) is 7.08. The van der Waals surface area contributed by atoms with Crippen LogP contribution in [0.4, 0.5) is 0 Å². The van der Waals surface area contributed by atoms with E-state index in [2.05, 4.69) is 29.6 Å². The Bertz CT molecular complexity index is 685. The van der Waals surface area contributed by atoms with Crippen molar-refractivity contribution in [1.29, 1.82) is 0 Å². The van der Waals surface area contributed by atoms with Gasteiger partial charge in [0.2, 0.25) is 5.91 Å². The molecule has 1 aliphatic carbocycles. The predicted octanol–water partition coefficient (Wildman–Crippen LogP) is 3.44. The quantitative estimate of drug-likeness (QED) is 0.765. The van der Waals surface area contributed by atoms with Crippen LogP contribution in [-0.2, 0) is 17.8 Å². The maximum absolute atomic E-state index is 12.0. The Morgan fingerprint density at radius 2 is 1.81 bits per heavy atom.